The summed E-state index contributed by atoms with van der Waals surface area (Å²) in [5, 5.41) is 7.00. The number of aromatic nitrogens is 3. The molecule has 0 atom stereocenters. The van der Waals surface area contributed by atoms with Gasteiger partial charge in [0.25, 0.3) is 0 Å². The number of benzene rings is 1. The van der Waals surface area contributed by atoms with Gasteiger partial charge in [-0.15, -0.1) is 0 Å². The highest BCUT2D eigenvalue weighted by Crippen LogP contribution is 2.23. The van der Waals surface area contributed by atoms with Crippen LogP contribution < -0.4 is 5.32 Å². The minimum atomic E-state index is -0.0540. The van der Waals surface area contributed by atoms with Gasteiger partial charge in [-0.3, -0.25) is 9.78 Å². The van der Waals surface area contributed by atoms with Crippen LogP contribution >= 0.6 is 0 Å². The summed E-state index contributed by atoms with van der Waals surface area (Å²) in [6, 6.07) is 9.81. The second-order valence-corrected chi connectivity index (χ2v) is 5.96. The highest BCUT2D eigenvalue weighted by molar-refractivity contribution is 5.92. The van der Waals surface area contributed by atoms with E-state index in [4.69, 9.17) is 4.52 Å². The third-order valence-corrected chi connectivity index (χ3v) is 4.22. The third-order valence-electron chi connectivity index (χ3n) is 4.22. The van der Waals surface area contributed by atoms with E-state index < -0.39 is 0 Å². The van der Waals surface area contributed by atoms with E-state index in [-0.39, 0.29) is 12.3 Å². The Morgan fingerprint density at radius 1 is 1.12 bits per heavy atom. The minimum Gasteiger partial charge on any atom is -0.339 e. The topological polar surface area (TPSA) is 80.9 Å². The van der Waals surface area contributed by atoms with Gasteiger partial charge in [0.2, 0.25) is 17.6 Å². The number of pyridine rings is 1. The molecule has 134 valence electrons. The van der Waals surface area contributed by atoms with E-state index in [0.717, 1.165) is 35.2 Å². The summed E-state index contributed by atoms with van der Waals surface area (Å²) in [6.07, 6.45) is 5.80. The Bertz CT molecular complexity index is 852. The summed E-state index contributed by atoms with van der Waals surface area (Å²) in [4.78, 5) is 20.8. The quantitative estimate of drug-likeness (QED) is 0.700. The first-order chi connectivity index (χ1) is 12.7. The van der Waals surface area contributed by atoms with E-state index in [1.54, 1.807) is 12.4 Å². The number of nitrogens with zero attached hydrogens (tertiary/aromatic N) is 3. The van der Waals surface area contributed by atoms with Crippen LogP contribution in [0.25, 0.3) is 11.4 Å². The molecule has 0 unspecified atom stereocenters. The van der Waals surface area contributed by atoms with Crippen molar-refractivity contribution in [2.45, 2.75) is 39.5 Å². The van der Waals surface area contributed by atoms with Crippen LogP contribution in [0, 0.1) is 0 Å². The maximum absolute atomic E-state index is 12.4. The molecule has 3 rings (SSSR count). The van der Waals surface area contributed by atoms with Crippen molar-refractivity contribution in [3.8, 4) is 11.4 Å². The Balaban J connectivity index is 1.63. The molecule has 1 amide bonds. The smallest absolute Gasteiger partial charge is 0.227 e. The molecule has 0 saturated heterocycles. The summed E-state index contributed by atoms with van der Waals surface area (Å²) < 4.78 is 5.24. The third kappa shape index (κ3) is 4.14. The number of hydrogen-bond acceptors (Lipinski definition) is 5. The van der Waals surface area contributed by atoms with E-state index >= 15 is 0 Å². The number of carbonyl (C=O) groups is 1. The van der Waals surface area contributed by atoms with Crippen molar-refractivity contribution < 1.29 is 9.32 Å². The van der Waals surface area contributed by atoms with Crippen LogP contribution in [-0.4, -0.2) is 21.0 Å². The summed E-state index contributed by atoms with van der Waals surface area (Å²) in [6.45, 7) is 4.17. The number of carbonyl (C=O) groups excluding carboxylic acids is 1. The first-order valence-corrected chi connectivity index (χ1v) is 8.84. The minimum absolute atomic E-state index is 0.0540. The summed E-state index contributed by atoms with van der Waals surface area (Å²) in [7, 11) is 0. The first-order valence-electron chi connectivity index (χ1n) is 8.84. The van der Waals surface area contributed by atoms with E-state index in [1.807, 2.05) is 30.3 Å². The van der Waals surface area contributed by atoms with Crippen molar-refractivity contribution in [3.05, 3.63) is 59.7 Å². The number of rotatable bonds is 7. The lowest BCUT2D eigenvalue weighted by Crippen LogP contribution is -2.15. The SMILES string of the molecule is CCc1cccc(CC)c1NC(=O)CCc1nc(-c2cccnc2)no1. The van der Waals surface area contributed by atoms with Crippen molar-refractivity contribution >= 4 is 11.6 Å². The van der Waals surface area contributed by atoms with Gasteiger partial charge >= 0.3 is 0 Å². The predicted octanol–water partition coefficient (Wildman–Crippen LogP) is 3.83. The molecule has 3 aromatic rings. The van der Waals surface area contributed by atoms with Crippen LogP contribution in [0.4, 0.5) is 5.69 Å². The number of nitrogens with one attached hydrogen (secondary N) is 1. The van der Waals surface area contributed by atoms with E-state index in [9.17, 15) is 4.79 Å². The average molecular weight is 350 g/mol. The molecule has 0 saturated carbocycles. The predicted molar refractivity (Wildman–Crippen MR) is 99.7 cm³/mol. The first kappa shape index (κ1) is 17.8. The molecule has 0 radical (unpaired) electrons. The number of amides is 1. The molecule has 0 aliphatic heterocycles. The lowest BCUT2D eigenvalue weighted by Gasteiger charge is -2.14. The number of aryl methyl sites for hydroxylation is 3. The second-order valence-electron chi connectivity index (χ2n) is 5.96. The fourth-order valence-electron chi connectivity index (χ4n) is 2.79. The standard InChI is InChI=1S/C20H22N4O2/c1-3-14-7-5-8-15(4-2)19(14)22-17(25)10-11-18-23-20(24-26-18)16-9-6-12-21-13-16/h5-9,12-13H,3-4,10-11H2,1-2H3,(H,22,25). The summed E-state index contributed by atoms with van der Waals surface area (Å²) >= 11 is 0. The molecule has 1 N–H and O–H groups in total. The molecule has 1 aromatic carbocycles. The highest BCUT2D eigenvalue weighted by atomic mass is 16.5. The Morgan fingerprint density at radius 3 is 2.54 bits per heavy atom. The van der Waals surface area contributed by atoms with Crippen LogP contribution in [0.3, 0.4) is 0 Å². The number of hydrogen-bond donors (Lipinski definition) is 1. The van der Waals surface area contributed by atoms with Gasteiger partial charge in [-0.1, -0.05) is 37.2 Å². The Labute approximate surface area is 152 Å². The zero-order valence-electron chi connectivity index (χ0n) is 15.0. The van der Waals surface area contributed by atoms with Gasteiger partial charge in [-0.2, -0.15) is 4.98 Å². The molecule has 2 heterocycles. The van der Waals surface area contributed by atoms with Crippen molar-refractivity contribution in [3.63, 3.8) is 0 Å². The fraction of sp³-hybridized carbons (Fsp3) is 0.300. The van der Waals surface area contributed by atoms with E-state index in [1.165, 1.54) is 0 Å². The molecule has 0 aliphatic rings. The maximum atomic E-state index is 12.4. The van der Waals surface area contributed by atoms with Crippen molar-refractivity contribution in [2.24, 2.45) is 0 Å². The largest absolute Gasteiger partial charge is 0.339 e. The van der Waals surface area contributed by atoms with Crippen molar-refractivity contribution in [1.29, 1.82) is 0 Å². The van der Waals surface area contributed by atoms with Crippen LogP contribution in [0.5, 0.6) is 0 Å². The zero-order chi connectivity index (χ0) is 18.4. The van der Waals surface area contributed by atoms with E-state index in [2.05, 4.69) is 34.3 Å². The Kier molecular flexibility index (Phi) is 5.73. The molecule has 0 fully saturated rings. The normalized spacial score (nSPS) is 10.7. The van der Waals surface area contributed by atoms with Gasteiger partial charge in [0.15, 0.2) is 0 Å². The molecule has 6 heteroatoms. The molecule has 2 aromatic heterocycles. The Hall–Kier alpha value is -3.02. The summed E-state index contributed by atoms with van der Waals surface area (Å²) in [5.41, 5.74) is 4.02. The van der Waals surface area contributed by atoms with E-state index in [0.29, 0.717) is 18.1 Å². The molecule has 0 bridgehead atoms. The second kappa shape index (κ2) is 8.38. The zero-order valence-corrected chi connectivity index (χ0v) is 15.0. The molecular weight excluding hydrogens is 328 g/mol. The lowest BCUT2D eigenvalue weighted by molar-refractivity contribution is -0.116. The highest BCUT2D eigenvalue weighted by Gasteiger charge is 2.13. The number of anilines is 1. The average Bonchev–Trinajstić information content (AvgIpc) is 3.16. The monoisotopic (exact) mass is 350 g/mol. The van der Waals surface area contributed by atoms with Crippen LogP contribution in [0.1, 0.15) is 37.3 Å². The molecule has 26 heavy (non-hydrogen) atoms. The lowest BCUT2D eigenvalue weighted by atomic mass is 10.0. The van der Waals surface area contributed by atoms with Crippen LogP contribution in [0.2, 0.25) is 0 Å². The van der Waals surface area contributed by atoms with Gasteiger partial charge in [-0.25, -0.2) is 0 Å². The molecule has 0 aliphatic carbocycles. The molecular formula is C20H22N4O2. The van der Waals surface area contributed by atoms with Gasteiger partial charge in [0.1, 0.15) is 0 Å². The van der Waals surface area contributed by atoms with Crippen LogP contribution in [0.15, 0.2) is 47.2 Å². The van der Waals surface area contributed by atoms with Gasteiger partial charge < -0.3 is 9.84 Å². The summed E-state index contributed by atoms with van der Waals surface area (Å²) in [5.74, 6) is 0.873. The fourth-order valence-corrected chi connectivity index (χ4v) is 2.79. The Morgan fingerprint density at radius 2 is 1.88 bits per heavy atom. The van der Waals surface area contributed by atoms with Gasteiger partial charge in [0, 0.05) is 36.5 Å². The van der Waals surface area contributed by atoms with Gasteiger partial charge in [0.05, 0.1) is 0 Å². The molecule has 0 spiro atoms. The van der Waals surface area contributed by atoms with Gasteiger partial charge in [-0.05, 0) is 36.1 Å². The maximum Gasteiger partial charge on any atom is 0.227 e. The van der Waals surface area contributed by atoms with Crippen LogP contribution in [-0.2, 0) is 24.1 Å². The van der Waals surface area contributed by atoms with Crippen molar-refractivity contribution in [2.75, 3.05) is 5.32 Å². The number of para-hydroxylation sites is 1. The van der Waals surface area contributed by atoms with Crippen molar-refractivity contribution in [1.82, 2.24) is 15.1 Å². The molecule has 6 nitrogen and oxygen atoms in total.